The van der Waals surface area contributed by atoms with Crippen molar-refractivity contribution in [3.8, 4) is 17.9 Å². The number of hydrogen-bond donors (Lipinski definition) is 0. The standard InChI is InChI=1S/C24H20BrN3O2/c1-24(2,3)23(29)28-14-20(19-11-18(25)6-7-21(19)28)17(13-27)10-16-9-15(12-26)5-8-22(16)30-4/h5-11,14H,1-4H3. The van der Waals surface area contributed by atoms with E-state index in [2.05, 4.69) is 28.1 Å². The van der Waals surface area contributed by atoms with Gasteiger partial charge in [0, 0.05) is 32.6 Å². The molecule has 0 aliphatic carbocycles. The number of halogens is 1. The van der Waals surface area contributed by atoms with Gasteiger partial charge in [-0.15, -0.1) is 0 Å². The molecule has 6 heteroatoms. The highest BCUT2D eigenvalue weighted by Crippen LogP contribution is 2.34. The van der Waals surface area contributed by atoms with Crippen molar-refractivity contribution in [2.45, 2.75) is 20.8 Å². The predicted molar refractivity (Wildman–Crippen MR) is 121 cm³/mol. The van der Waals surface area contributed by atoms with Gasteiger partial charge in [0.2, 0.25) is 5.91 Å². The molecule has 0 atom stereocenters. The molecule has 30 heavy (non-hydrogen) atoms. The van der Waals surface area contributed by atoms with Crippen LogP contribution in [0.25, 0.3) is 22.6 Å². The predicted octanol–water partition coefficient (Wildman–Crippen LogP) is 6.03. The lowest BCUT2D eigenvalue weighted by Crippen LogP contribution is -2.26. The highest BCUT2D eigenvalue weighted by Gasteiger charge is 2.26. The maximum Gasteiger partial charge on any atom is 0.236 e. The lowest BCUT2D eigenvalue weighted by atomic mass is 9.95. The summed E-state index contributed by atoms with van der Waals surface area (Å²) in [6.07, 6.45) is 3.39. The summed E-state index contributed by atoms with van der Waals surface area (Å²) in [5, 5.41) is 19.9. The quantitative estimate of drug-likeness (QED) is 0.445. The van der Waals surface area contributed by atoms with E-state index < -0.39 is 5.41 Å². The molecule has 3 rings (SSSR count). The minimum atomic E-state index is -0.586. The van der Waals surface area contributed by atoms with E-state index in [9.17, 15) is 15.3 Å². The highest BCUT2D eigenvalue weighted by atomic mass is 79.9. The first-order chi connectivity index (χ1) is 14.2. The Kier molecular flexibility index (Phi) is 5.82. The summed E-state index contributed by atoms with van der Waals surface area (Å²) in [5.41, 5.74) is 2.23. The molecule has 0 saturated heterocycles. The van der Waals surface area contributed by atoms with Crippen LogP contribution in [0.15, 0.2) is 47.1 Å². The molecule has 5 nitrogen and oxygen atoms in total. The molecule has 0 radical (unpaired) electrons. The van der Waals surface area contributed by atoms with Crippen molar-refractivity contribution in [2.24, 2.45) is 5.41 Å². The molecule has 0 fully saturated rings. The van der Waals surface area contributed by atoms with E-state index in [-0.39, 0.29) is 5.91 Å². The third-order valence-corrected chi connectivity index (χ3v) is 5.19. The molecule has 0 bridgehead atoms. The van der Waals surface area contributed by atoms with Crippen LogP contribution in [-0.4, -0.2) is 17.6 Å². The van der Waals surface area contributed by atoms with E-state index in [1.807, 2.05) is 39.0 Å². The number of methoxy groups -OCH3 is 1. The first kappa shape index (κ1) is 21.4. The van der Waals surface area contributed by atoms with Crippen molar-refractivity contribution in [3.05, 3.63) is 63.8 Å². The second-order valence-electron chi connectivity index (χ2n) is 7.87. The summed E-state index contributed by atoms with van der Waals surface area (Å²) in [4.78, 5) is 13.0. The fraction of sp³-hybridized carbons (Fsp3) is 0.208. The van der Waals surface area contributed by atoms with Crippen LogP contribution in [0.3, 0.4) is 0 Å². The van der Waals surface area contributed by atoms with E-state index in [1.165, 1.54) is 7.11 Å². The molecule has 1 aromatic heterocycles. The Hall–Kier alpha value is -3.35. The number of nitrogens with zero attached hydrogens (tertiary/aromatic N) is 3. The van der Waals surface area contributed by atoms with Crippen LogP contribution in [0.4, 0.5) is 0 Å². The maximum absolute atomic E-state index is 13.0. The molecule has 0 spiro atoms. The Balaban J connectivity index is 2.29. The van der Waals surface area contributed by atoms with E-state index in [1.54, 1.807) is 35.0 Å². The second kappa shape index (κ2) is 8.18. The van der Waals surface area contributed by atoms with Crippen molar-refractivity contribution in [1.29, 1.82) is 10.5 Å². The van der Waals surface area contributed by atoms with Crippen LogP contribution in [0.1, 0.15) is 42.3 Å². The fourth-order valence-electron chi connectivity index (χ4n) is 3.19. The third-order valence-electron chi connectivity index (χ3n) is 4.70. The number of aromatic nitrogens is 1. The van der Waals surface area contributed by atoms with Crippen LogP contribution >= 0.6 is 15.9 Å². The van der Waals surface area contributed by atoms with Gasteiger partial charge in [-0.3, -0.25) is 9.36 Å². The van der Waals surface area contributed by atoms with Crippen molar-refractivity contribution >= 4 is 44.4 Å². The summed E-state index contributed by atoms with van der Waals surface area (Å²) in [5.74, 6) is 0.486. The zero-order chi connectivity index (χ0) is 22.1. The monoisotopic (exact) mass is 461 g/mol. The van der Waals surface area contributed by atoms with Gasteiger partial charge in [0.1, 0.15) is 5.75 Å². The highest BCUT2D eigenvalue weighted by molar-refractivity contribution is 9.10. The van der Waals surface area contributed by atoms with Gasteiger partial charge in [0.05, 0.1) is 35.9 Å². The van der Waals surface area contributed by atoms with Gasteiger partial charge < -0.3 is 4.74 Å². The van der Waals surface area contributed by atoms with Crippen molar-refractivity contribution in [1.82, 2.24) is 4.57 Å². The number of hydrogen-bond acceptors (Lipinski definition) is 4. The minimum Gasteiger partial charge on any atom is -0.496 e. The number of benzene rings is 2. The van der Waals surface area contributed by atoms with Gasteiger partial charge in [-0.1, -0.05) is 36.7 Å². The van der Waals surface area contributed by atoms with Crippen LogP contribution in [0, 0.1) is 28.1 Å². The van der Waals surface area contributed by atoms with Crippen molar-refractivity contribution < 1.29 is 9.53 Å². The minimum absolute atomic E-state index is 0.0672. The molecule has 0 amide bonds. The number of carbonyl (C=O) groups excluding carboxylic acids is 1. The van der Waals surface area contributed by atoms with Crippen LogP contribution < -0.4 is 4.74 Å². The Labute approximate surface area is 183 Å². The lowest BCUT2D eigenvalue weighted by Gasteiger charge is -2.17. The van der Waals surface area contributed by atoms with E-state index in [0.29, 0.717) is 28.0 Å². The Morgan fingerprint density at radius 2 is 1.90 bits per heavy atom. The number of rotatable bonds is 3. The average Bonchev–Trinajstić information content (AvgIpc) is 3.08. The summed E-state index contributed by atoms with van der Waals surface area (Å²) >= 11 is 3.48. The molecule has 0 aliphatic rings. The number of nitriles is 2. The van der Waals surface area contributed by atoms with Crippen LogP contribution in [0.2, 0.25) is 0 Å². The van der Waals surface area contributed by atoms with Gasteiger partial charge in [-0.25, -0.2) is 0 Å². The normalized spacial score (nSPS) is 11.8. The topological polar surface area (TPSA) is 78.8 Å². The lowest BCUT2D eigenvalue weighted by molar-refractivity contribution is 0.0772. The molecule has 0 aliphatic heterocycles. The summed E-state index contributed by atoms with van der Waals surface area (Å²) in [6, 6.07) is 15.0. The van der Waals surface area contributed by atoms with Gasteiger partial charge >= 0.3 is 0 Å². The molecule has 2 aromatic carbocycles. The largest absolute Gasteiger partial charge is 0.496 e. The van der Waals surface area contributed by atoms with E-state index >= 15 is 0 Å². The zero-order valence-electron chi connectivity index (χ0n) is 17.2. The molecular formula is C24H20BrN3O2. The Morgan fingerprint density at radius 3 is 2.50 bits per heavy atom. The van der Waals surface area contributed by atoms with Crippen LogP contribution in [-0.2, 0) is 0 Å². The van der Waals surface area contributed by atoms with E-state index in [0.717, 1.165) is 15.4 Å². The Bertz CT molecular complexity index is 1260. The van der Waals surface area contributed by atoms with E-state index in [4.69, 9.17) is 4.74 Å². The number of allylic oxidation sites excluding steroid dienone is 1. The fourth-order valence-corrected chi connectivity index (χ4v) is 3.55. The smallest absolute Gasteiger partial charge is 0.236 e. The van der Waals surface area contributed by atoms with Crippen LogP contribution in [0.5, 0.6) is 5.75 Å². The van der Waals surface area contributed by atoms with Gasteiger partial charge in [-0.05, 0) is 42.5 Å². The SMILES string of the molecule is COc1ccc(C#N)cc1C=C(C#N)c1cn(C(=O)C(C)(C)C)c2ccc(Br)cc12. The molecule has 1 heterocycles. The molecule has 3 aromatic rings. The summed E-state index contributed by atoms with van der Waals surface area (Å²) in [6.45, 7) is 5.58. The first-order valence-electron chi connectivity index (χ1n) is 9.25. The molecular weight excluding hydrogens is 442 g/mol. The van der Waals surface area contributed by atoms with Crippen molar-refractivity contribution in [2.75, 3.05) is 7.11 Å². The number of fused-ring (bicyclic) bond motifs is 1. The van der Waals surface area contributed by atoms with Gasteiger partial charge in [0.25, 0.3) is 0 Å². The Morgan fingerprint density at radius 1 is 1.17 bits per heavy atom. The van der Waals surface area contributed by atoms with Gasteiger partial charge in [0.15, 0.2) is 0 Å². The summed E-state index contributed by atoms with van der Waals surface area (Å²) < 4.78 is 7.84. The van der Waals surface area contributed by atoms with Gasteiger partial charge in [-0.2, -0.15) is 10.5 Å². The molecule has 0 saturated carbocycles. The zero-order valence-corrected chi connectivity index (χ0v) is 18.7. The third kappa shape index (κ3) is 4.01. The number of ether oxygens (including phenoxy) is 1. The van der Waals surface area contributed by atoms with Crippen molar-refractivity contribution in [3.63, 3.8) is 0 Å². The molecule has 0 N–H and O–H groups in total. The molecule has 150 valence electrons. The number of carbonyl (C=O) groups is 1. The molecule has 0 unspecified atom stereocenters. The average molecular weight is 462 g/mol. The second-order valence-corrected chi connectivity index (χ2v) is 8.78. The first-order valence-corrected chi connectivity index (χ1v) is 10.0. The summed E-state index contributed by atoms with van der Waals surface area (Å²) in [7, 11) is 1.54. The maximum atomic E-state index is 13.0.